The third kappa shape index (κ3) is 5.68. The van der Waals surface area contributed by atoms with Crippen molar-refractivity contribution in [2.75, 3.05) is 18.8 Å². The second kappa shape index (κ2) is 12.0. The minimum atomic E-state index is -0.665. The highest BCUT2D eigenvalue weighted by Gasteiger charge is 2.28. The molecule has 0 aliphatic carbocycles. The van der Waals surface area contributed by atoms with Gasteiger partial charge in [-0.25, -0.2) is 9.37 Å². The molecule has 2 aromatic heterocycles. The summed E-state index contributed by atoms with van der Waals surface area (Å²) in [4.78, 5) is 6.54. The number of piperidine rings is 1. The number of nitrogens with two attached hydrogens (primary N) is 1. The fraction of sp³-hybridized carbons (Fsp3) is 0.176. The molecule has 3 N–H and O–H groups in total. The lowest BCUT2D eigenvalue weighted by Crippen LogP contribution is -2.41. The van der Waals surface area contributed by atoms with Crippen LogP contribution in [0.4, 0.5) is 10.2 Å². The monoisotopic (exact) mass is 561 g/mol. The number of hydrogen-bond acceptors (Lipinski definition) is 6. The Kier molecular flexibility index (Phi) is 7.81. The van der Waals surface area contributed by atoms with Crippen molar-refractivity contribution in [1.82, 2.24) is 19.7 Å². The molecular formula is C34H32FN5O2. The van der Waals surface area contributed by atoms with Gasteiger partial charge in [0, 0.05) is 30.4 Å². The molecule has 1 aliphatic heterocycles. The molecule has 3 aromatic carbocycles. The summed E-state index contributed by atoms with van der Waals surface area (Å²) in [5, 5.41) is 16.2. The van der Waals surface area contributed by atoms with E-state index in [1.165, 1.54) is 12.1 Å². The average molecular weight is 562 g/mol. The highest BCUT2D eigenvalue weighted by atomic mass is 19.1. The fourth-order valence-electron chi connectivity index (χ4n) is 5.42. The van der Waals surface area contributed by atoms with Gasteiger partial charge in [0.2, 0.25) is 0 Å². The van der Waals surface area contributed by atoms with Gasteiger partial charge in [-0.1, -0.05) is 49.1 Å². The molecule has 0 saturated carbocycles. The minimum Gasteiger partial charge on any atom is -0.457 e. The highest BCUT2D eigenvalue weighted by molar-refractivity contribution is 6.04. The number of anilines is 1. The molecule has 0 bridgehead atoms. The molecule has 5 aromatic rings. The van der Waals surface area contributed by atoms with Gasteiger partial charge in [0.05, 0.1) is 16.9 Å². The van der Waals surface area contributed by atoms with E-state index >= 15 is 0 Å². The summed E-state index contributed by atoms with van der Waals surface area (Å²) >= 11 is 0. The van der Waals surface area contributed by atoms with E-state index in [0.717, 1.165) is 57.6 Å². The van der Waals surface area contributed by atoms with Crippen LogP contribution >= 0.6 is 0 Å². The number of aliphatic hydroxyl groups is 1. The topological polar surface area (TPSA) is 89.4 Å². The normalized spacial score (nSPS) is 15.3. The van der Waals surface area contributed by atoms with Gasteiger partial charge in [-0.05, 0) is 73.0 Å². The van der Waals surface area contributed by atoms with Crippen molar-refractivity contribution in [3.63, 3.8) is 0 Å². The van der Waals surface area contributed by atoms with Crippen molar-refractivity contribution in [3.8, 4) is 22.8 Å². The molecule has 8 heteroatoms. The van der Waals surface area contributed by atoms with E-state index in [0.29, 0.717) is 18.9 Å². The van der Waals surface area contributed by atoms with Gasteiger partial charge in [0.25, 0.3) is 0 Å². The number of ether oxygens (including phenoxy) is 1. The molecule has 0 spiro atoms. The number of benzene rings is 3. The predicted octanol–water partition coefficient (Wildman–Crippen LogP) is 6.92. The van der Waals surface area contributed by atoms with Crippen molar-refractivity contribution in [2.45, 2.75) is 25.1 Å². The van der Waals surface area contributed by atoms with Gasteiger partial charge in [-0.15, -0.1) is 0 Å². The first-order valence-corrected chi connectivity index (χ1v) is 14.0. The summed E-state index contributed by atoms with van der Waals surface area (Å²) in [6, 6.07) is 23.9. The molecule has 42 heavy (non-hydrogen) atoms. The third-order valence-corrected chi connectivity index (χ3v) is 7.64. The van der Waals surface area contributed by atoms with Crippen LogP contribution in [-0.2, 0) is 0 Å². The number of pyridine rings is 1. The Morgan fingerprint density at radius 3 is 2.33 bits per heavy atom. The van der Waals surface area contributed by atoms with Crippen LogP contribution in [0, 0.1) is 5.82 Å². The molecule has 3 heterocycles. The van der Waals surface area contributed by atoms with Crippen LogP contribution in [0.2, 0.25) is 0 Å². The van der Waals surface area contributed by atoms with E-state index in [9.17, 15) is 9.50 Å². The molecule has 6 rings (SSSR count). The van der Waals surface area contributed by atoms with Crippen LogP contribution in [0.1, 0.15) is 30.0 Å². The second-order valence-electron chi connectivity index (χ2n) is 10.4. The fourth-order valence-corrected chi connectivity index (χ4v) is 5.42. The lowest BCUT2D eigenvalue weighted by Gasteiger charge is -2.34. The van der Waals surface area contributed by atoms with Crippen LogP contribution in [0.15, 0.2) is 97.7 Å². The number of likely N-dealkylation sites (tertiary alicyclic amines) is 1. The SMILES string of the molecule is C=CC(O)N1CCC(n2nc(-c3ccc(Oc4ccccc4)cc3)c3c(N)ncc(/C=C/c4ccc(F)cc4)c32)CC1. The van der Waals surface area contributed by atoms with Gasteiger partial charge in [0.1, 0.15) is 35.1 Å². The van der Waals surface area contributed by atoms with E-state index in [-0.39, 0.29) is 11.9 Å². The first kappa shape index (κ1) is 27.4. The molecule has 1 atom stereocenters. The average Bonchev–Trinajstić information content (AvgIpc) is 3.44. The maximum atomic E-state index is 13.5. The molecule has 212 valence electrons. The van der Waals surface area contributed by atoms with Gasteiger partial charge < -0.3 is 15.6 Å². The Morgan fingerprint density at radius 2 is 1.64 bits per heavy atom. The van der Waals surface area contributed by atoms with Gasteiger partial charge in [-0.2, -0.15) is 5.10 Å². The van der Waals surface area contributed by atoms with E-state index in [1.54, 1.807) is 24.4 Å². The first-order chi connectivity index (χ1) is 20.5. The quantitative estimate of drug-likeness (QED) is 0.200. The summed E-state index contributed by atoms with van der Waals surface area (Å²) in [5.74, 6) is 1.60. The molecule has 1 saturated heterocycles. The molecule has 1 fully saturated rings. The van der Waals surface area contributed by atoms with Crippen molar-refractivity contribution in [2.24, 2.45) is 0 Å². The molecule has 7 nitrogen and oxygen atoms in total. The maximum absolute atomic E-state index is 13.5. The third-order valence-electron chi connectivity index (χ3n) is 7.64. The number of rotatable bonds is 8. The van der Waals surface area contributed by atoms with E-state index < -0.39 is 6.23 Å². The van der Waals surface area contributed by atoms with Gasteiger partial charge in [-0.3, -0.25) is 9.58 Å². The Morgan fingerprint density at radius 1 is 0.952 bits per heavy atom. The maximum Gasteiger partial charge on any atom is 0.135 e. The van der Waals surface area contributed by atoms with Crippen LogP contribution < -0.4 is 10.5 Å². The zero-order valence-electron chi connectivity index (χ0n) is 23.1. The molecular weight excluding hydrogens is 529 g/mol. The summed E-state index contributed by atoms with van der Waals surface area (Å²) < 4.78 is 21.5. The Bertz CT molecular complexity index is 1710. The van der Waals surface area contributed by atoms with Gasteiger partial charge >= 0.3 is 0 Å². The predicted molar refractivity (Wildman–Crippen MR) is 165 cm³/mol. The first-order valence-electron chi connectivity index (χ1n) is 14.0. The zero-order valence-corrected chi connectivity index (χ0v) is 23.1. The lowest BCUT2D eigenvalue weighted by molar-refractivity contribution is 0.0179. The Balaban J connectivity index is 1.41. The zero-order chi connectivity index (χ0) is 29.1. The van der Waals surface area contributed by atoms with Crippen molar-refractivity contribution < 1.29 is 14.2 Å². The summed E-state index contributed by atoms with van der Waals surface area (Å²) in [6.45, 7) is 5.14. The van der Waals surface area contributed by atoms with Crippen molar-refractivity contribution in [3.05, 3.63) is 115 Å². The number of aromatic nitrogens is 3. The van der Waals surface area contributed by atoms with Crippen LogP contribution in [-0.4, -0.2) is 44.1 Å². The lowest BCUT2D eigenvalue weighted by atomic mass is 10.0. The van der Waals surface area contributed by atoms with Crippen LogP contribution in [0.3, 0.4) is 0 Å². The number of nitrogen functional groups attached to an aromatic ring is 1. The number of aliphatic hydroxyl groups excluding tert-OH is 1. The Labute approximate surface area is 244 Å². The number of hydrogen-bond donors (Lipinski definition) is 2. The summed E-state index contributed by atoms with van der Waals surface area (Å²) in [5.41, 5.74) is 10.8. The second-order valence-corrected chi connectivity index (χ2v) is 10.4. The van der Waals surface area contributed by atoms with Gasteiger partial charge in [0.15, 0.2) is 0 Å². The summed E-state index contributed by atoms with van der Waals surface area (Å²) in [6.07, 6.45) is 8.15. The Hall–Kier alpha value is -4.79. The highest BCUT2D eigenvalue weighted by Crippen LogP contribution is 2.38. The summed E-state index contributed by atoms with van der Waals surface area (Å²) in [7, 11) is 0. The standard InChI is InChI=1S/C34H32FN5O2/c1-2-30(41)39-20-18-27(19-21-39)40-33-25(11-8-23-9-14-26(35)15-10-23)22-37-34(36)31(33)32(38-40)24-12-16-29(17-13-24)42-28-6-4-3-5-7-28/h2-17,22,27,30,41H,1,18-21H2,(H2,36,37)/b11-8+. The van der Waals surface area contributed by atoms with E-state index in [1.807, 2.05) is 71.6 Å². The van der Waals surface area contributed by atoms with Crippen molar-refractivity contribution >= 4 is 28.9 Å². The number of fused-ring (bicyclic) bond motifs is 1. The molecule has 1 aliphatic rings. The number of para-hydroxylation sites is 1. The molecule has 1 unspecified atom stereocenters. The minimum absolute atomic E-state index is 0.0926. The smallest absolute Gasteiger partial charge is 0.135 e. The van der Waals surface area contributed by atoms with E-state index in [2.05, 4.69) is 16.2 Å². The van der Waals surface area contributed by atoms with Crippen molar-refractivity contribution in [1.29, 1.82) is 0 Å². The number of halogens is 1. The molecule has 0 amide bonds. The molecule has 0 radical (unpaired) electrons. The number of nitrogens with zero attached hydrogens (tertiary/aromatic N) is 4. The van der Waals surface area contributed by atoms with Crippen LogP contribution in [0.5, 0.6) is 11.5 Å². The van der Waals surface area contributed by atoms with E-state index in [4.69, 9.17) is 15.6 Å². The largest absolute Gasteiger partial charge is 0.457 e. The van der Waals surface area contributed by atoms with Crippen LogP contribution in [0.25, 0.3) is 34.3 Å².